The van der Waals surface area contributed by atoms with E-state index in [-0.39, 0.29) is 0 Å². The lowest BCUT2D eigenvalue weighted by Crippen LogP contribution is -1.92. The SMILES string of the molecule is CCCCCC=CC1C=CC=CS1. The molecular formula is C12H18S. The van der Waals surface area contributed by atoms with Crippen LogP contribution in [0.15, 0.2) is 35.8 Å². The largest absolute Gasteiger partial charge is 0.122 e. The molecule has 0 aromatic heterocycles. The van der Waals surface area contributed by atoms with E-state index in [1.807, 2.05) is 11.8 Å². The molecule has 1 aliphatic rings. The Hall–Kier alpha value is -0.430. The van der Waals surface area contributed by atoms with Gasteiger partial charge in [0.1, 0.15) is 0 Å². The van der Waals surface area contributed by atoms with Gasteiger partial charge < -0.3 is 0 Å². The van der Waals surface area contributed by atoms with Gasteiger partial charge in [0, 0.05) is 5.25 Å². The van der Waals surface area contributed by atoms with Crippen LogP contribution in [-0.4, -0.2) is 5.25 Å². The number of allylic oxidation sites excluding steroid dienone is 3. The third-order valence-corrected chi connectivity index (χ3v) is 2.97. The normalized spacial score (nSPS) is 21.5. The van der Waals surface area contributed by atoms with Crippen LogP contribution in [0.4, 0.5) is 0 Å². The maximum absolute atomic E-state index is 2.32. The zero-order valence-electron chi connectivity index (χ0n) is 8.28. The highest BCUT2D eigenvalue weighted by atomic mass is 32.2. The molecule has 72 valence electrons. The van der Waals surface area contributed by atoms with Crippen molar-refractivity contribution in [3.05, 3.63) is 35.8 Å². The molecule has 0 N–H and O–H groups in total. The van der Waals surface area contributed by atoms with Crippen LogP contribution in [0, 0.1) is 0 Å². The molecule has 0 aromatic carbocycles. The molecule has 0 saturated carbocycles. The van der Waals surface area contributed by atoms with Crippen molar-refractivity contribution in [2.24, 2.45) is 0 Å². The second kappa shape index (κ2) is 7.02. The number of hydrogen-bond donors (Lipinski definition) is 0. The van der Waals surface area contributed by atoms with E-state index in [0.717, 1.165) is 0 Å². The van der Waals surface area contributed by atoms with Gasteiger partial charge in [0.25, 0.3) is 0 Å². The molecule has 0 spiro atoms. The first-order chi connectivity index (χ1) is 6.43. The third-order valence-electron chi connectivity index (χ3n) is 2.03. The molecule has 13 heavy (non-hydrogen) atoms. The Morgan fingerprint density at radius 3 is 2.92 bits per heavy atom. The Bertz CT molecular complexity index is 201. The minimum absolute atomic E-state index is 0.576. The van der Waals surface area contributed by atoms with Crippen molar-refractivity contribution in [1.82, 2.24) is 0 Å². The summed E-state index contributed by atoms with van der Waals surface area (Å²) in [6, 6.07) is 0. The molecule has 0 saturated heterocycles. The molecular weight excluding hydrogens is 176 g/mol. The molecule has 1 atom stereocenters. The molecule has 1 rings (SSSR count). The van der Waals surface area contributed by atoms with Gasteiger partial charge in [-0.1, -0.05) is 50.1 Å². The third kappa shape index (κ3) is 4.99. The van der Waals surface area contributed by atoms with Gasteiger partial charge in [-0.2, -0.15) is 0 Å². The van der Waals surface area contributed by atoms with Crippen molar-refractivity contribution in [3.8, 4) is 0 Å². The molecule has 1 unspecified atom stereocenters. The van der Waals surface area contributed by atoms with Crippen LogP contribution < -0.4 is 0 Å². The van der Waals surface area contributed by atoms with Gasteiger partial charge in [-0.05, 0) is 18.2 Å². The average molecular weight is 194 g/mol. The Balaban J connectivity index is 2.09. The molecule has 1 heterocycles. The van der Waals surface area contributed by atoms with E-state index in [4.69, 9.17) is 0 Å². The lowest BCUT2D eigenvalue weighted by molar-refractivity contribution is 0.728. The smallest absolute Gasteiger partial charge is 0.0452 e. The standard InChI is InChI=1S/C12H18S/c1-2-3-4-5-6-9-12-10-7-8-11-13-12/h6-12H,2-5H2,1H3. The molecule has 0 radical (unpaired) electrons. The lowest BCUT2D eigenvalue weighted by Gasteiger charge is -2.05. The molecule has 1 heteroatoms. The Morgan fingerprint density at radius 1 is 1.31 bits per heavy atom. The maximum atomic E-state index is 2.32. The molecule has 1 aliphatic heterocycles. The van der Waals surface area contributed by atoms with Gasteiger partial charge in [0.2, 0.25) is 0 Å². The quantitative estimate of drug-likeness (QED) is 0.464. The second-order valence-electron chi connectivity index (χ2n) is 3.24. The van der Waals surface area contributed by atoms with Crippen LogP contribution in [0.3, 0.4) is 0 Å². The van der Waals surface area contributed by atoms with Crippen molar-refractivity contribution >= 4 is 11.8 Å². The van der Waals surface area contributed by atoms with E-state index >= 15 is 0 Å². The summed E-state index contributed by atoms with van der Waals surface area (Å²) in [5.74, 6) is 0. The van der Waals surface area contributed by atoms with E-state index in [9.17, 15) is 0 Å². The zero-order chi connectivity index (χ0) is 9.36. The number of rotatable bonds is 5. The fraction of sp³-hybridized carbons (Fsp3) is 0.500. The fourth-order valence-electron chi connectivity index (χ4n) is 1.25. The predicted octanol–water partition coefficient (Wildman–Crippen LogP) is 4.31. The predicted molar refractivity (Wildman–Crippen MR) is 62.9 cm³/mol. The summed E-state index contributed by atoms with van der Waals surface area (Å²) in [7, 11) is 0. The van der Waals surface area contributed by atoms with E-state index < -0.39 is 0 Å². The van der Waals surface area contributed by atoms with Gasteiger partial charge in [0.05, 0.1) is 0 Å². The first kappa shape index (κ1) is 10.6. The summed E-state index contributed by atoms with van der Waals surface area (Å²) in [4.78, 5) is 0. The lowest BCUT2D eigenvalue weighted by atomic mass is 10.2. The van der Waals surface area contributed by atoms with Crippen LogP contribution in [0.2, 0.25) is 0 Å². The van der Waals surface area contributed by atoms with Gasteiger partial charge in [0.15, 0.2) is 0 Å². The first-order valence-electron chi connectivity index (χ1n) is 5.09. The van der Waals surface area contributed by atoms with Crippen LogP contribution in [0.1, 0.15) is 32.6 Å². The first-order valence-corrected chi connectivity index (χ1v) is 6.03. The Labute approximate surface area is 85.8 Å². The van der Waals surface area contributed by atoms with Gasteiger partial charge in [-0.25, -0.2) is 0 Å². The average Bonchev–Trinajstić information content (AvgIpc) is 2.19. The number of thioether (sulfide) groups is 1. The Morgan fingerprint density at radius 2 is 2.23 bits per heavy atom. The van der Waals surface area contributed by atoms with Crippen molar-refractivity contribution in [2.45, 2.75) is 37.9 Å². The molecule has 0 nitrogen and oxygen atoms in total. The highest BCUT2D eigenvalue weighted by Gasteiger charge is 1.98. The van der Waals surface area contributed by atoms with Gasteiger partial charge in [-0.3, -0.25) is 0 Å². The molecule has 0 aliphatic carbocycles. The van der Waals surface area contributed by atoms with E-state index in [1.165, 1.54) is 25.7 Å². The summed E-state index contributed by atoms with van der Waals surface area (Å²) < 4.78 is 0. The minimum Gasteiger partial charge on any atom is -0.122 e. The van der Waals surface area contributed by atoms with Gasteiger partial charge in [-0.15, -0.1) is 11.8 Å². The van der Waals surface area contributed by atoms with Crippen molar-refractivity contribution in [2.75, 3.05) is 0 Å². The van der Waals surface area contributed by atoms with Crippen molar-refractivity contribution < 1.29 is 0 Å². The maximum Gasteiger partial charge on any atom is 0.0452 e. The van der Waals surface area contributed by atoms with E-state index in [2.05, 4.69) is 42.7 Å². The van der Waals surface area contributed by atoms with Crippen LogP contribution >= 0.6 is 11.8 Å². The van der Waals surface area contributed by atoms with Crippen LogP contribution in [0.5, 0.6) is 0 Å². The van der Waals surface area contributed by atoms with Crippen molar-refractivity contribution in [3.63, 3.8) is 0 Å². The topological polar surface area (TPSA) is 0 Å². The summed E-state index contributed by atoms with van der Waals surface area (Å²) in [5.41, 5.74) is 0. The summed E-state index contributed by atoms with van der Waals surface area (Å²) >= 11 is 1.87. The number of hydrogen-bond acceptors (Lipinski definition) is 1. The highest BCUT2D eigenvalue weighted by molar-refractivity contribution is 8.03. The minimum atomic E-state index is 0.576. The highest BCUT2D eigenvalue weighted by Crippen LogP contribution is 2.19. The molecule has 0 aromatic rings. The Kier molecular flexibility index (Phi) is 5.75. The van der Waals surface area contributed by atoms with E-state index in [1.54, 1.807) is 0 Å². The monoisotopic (exact) mass is 194 g/mol. The van der Waals surface area contributed by atoms with Crippen LogP contribution in [0.25, 0.3) is 0 Å². The van der Waals surface area contributed by atoms with Gasteiger partial charge >= 0.3 is 0 Å². The summed E-state index contributed by atoms with van der Waals surface area (Å²) in [5, 5.41) is 2.73. The zero-order valence-corrected chi connectivity index (χ0v) is 9.09. The molecule has 0 amide bonds. The summed E-state index contributed by atoms with van der Waals surface area (Å²) in [6.45, 7) is 2.24. The van der Waals surface area contributed by atoms with Crippen molar-refractivity contribution in [1.29, 1.82) is 0 Å². The second-order valence-corrected chi connectivity index (χ2v) is 4.33. The molecule has 0 fully saturated rings. The molecule has 0 bridgehead atoms. The summed E-state index contributed by atoms with van der Waals surface area (Å²) in [6.07, 6.45) is 16.3. The van der Waals surface area contributed by atoms with Crippen LogP contribution in [-0.2, 0) is 0 Å². The fourth-order valence-corrected chi connectivity index (χ4v) is 2.00. The number of unbranched alkanes of at least 4 members (excludes halogenated alkanes) is 3. The van der Waals surface area contributed by atoms with E-state index in [0.29, 0.717) is 5.25 Å².